The minimum atomic E-state index is 1.11. The molecule has 2 heteroatoms. The highest BCUT2D eigenvalue weighted by Gasteiger charge is 2.24. The first-order valence-electron chi connectivity index (χ1n) is 18.6. The second kappa shape index (κ2) is 12.2. The van der Waals surface area contributed by atoms with E-state index in [1.165, 1.54) is 82.1 Å². The predicted molar refractivity (Wildman–Crippen MR) is 230 cm³/mol. The summed E-state index contributed by atoms with van der Waals surface area (Å²) in [7, 11) is 0. The third-order valence-electron chi connectivity index (χ3n) is 11.1. The van der Waals surface area contributed by atoms with Crippen LogP contribution in [0.2, 0.25) is 0 Å². The van der Waals surface area contributed by atoms with E-state index in [1.807, 2.05) is 0 Å². The molecule has 0 amide bonds. The Labute approximate surface area is 313 Å². The average molecular weight is 687 g/mol. The molecule has 0 fully saturated rings. The standard InChI is InChI=1S/C52H34N2/c1-4-15-35(16-5-1)40-23-14-26-49(50(40)36-17-6-2-7-18-36)53(39-19-8-3-9-20-39)47-33-29-37-28-32-44-48(34-30-38-27-31-43(47)51(37)52(38)44)54-45-24-12-10-21-41(45)42-22-11-13-25-46(42)54/h1-34H. The van der Waals surface area contributed by atoms with Gasteiger partial charge in [0.2, 0.25) is 0 Å². The average Bonchev–Trinajstić information content (AvgIpc) is 3.58. The fraction of sp³-hybridized carbons (Fsp3) is 0. The largest absolute Gasteiger partial charge is 0.309 e. The van der Waals surface area contributed by atoms with Crippen molar-refractivity contribution in [3.63, 3.8) is 0 Å². The molecule has 252 valence electrons. The van der Waals surface area contributed by atoms with Crippen molar-refractivity contribution >= 4 is 71.2 Å². The molecule has 10 aromatic carbocycles. The van der Waals surface area contributed by atoms with E-state index >= 15 is 0 Å². The zero-order valence-electron chi connectivity index (χ0n) is 29.5. The molecule has 0 N–H and O–H groups in total. The maximum absolute atomic E-state index is 2.47. The Balaban J connectivity index is 1.22. The number of anilines is 3. The zero-order valence-corrected chi connectivity index (χ0v) is 29.5. The van der Waals surface area contributed by atoms with Crippen LogP contribution >= 0.6 is 0 Å². The molecule has 0 radical (unpaired) electrons. The van der Waals surface area contributed by atoms with Crippen LogP contribution in [-0.2, 0) is 0 Å². The van der Waals surface area contributed by atoms with Crippen LogP contribution in [0.5, 0.6) is 0 Å². The Morgan fingerprint density at radius 1 is 0.333 bits per heavy atom. The second-order valence-corrected chi connectivity index (χ2v) is 14.1. The lowest BCUT2D eigenvalue weighted by atomic mass is 9.90. The smallest absolute Gasteiger partial charge is 0.0546 e. The van der Waals surface area contributed by atoms with Crippen LogP contribution in [-0.4, -0.2) is 4.57 Å². The number of benzene rings is 10. The van der Waals surface area contributed by atoms with Gasteiger partial charge in [0.15, 0.2) is 0 Å². The van der Waals surface area contributed by atoms with Gasteiger partial charge in [0.25, 0.3) is 0 Å². The minimum absolute atomic E-state index is 1.11. The van der Waals surface area contributed by atoms with Crippen molar-refractivity contribution in [3.05, 3.63) is 206 Å². The molecule has 0 spiro atoms. The van der Waals surface area contributed by atoms with Gasteiger partial charge < -0.3 is 9.47 Å². The van der Waals surface area contributed by atoms with E-state index in [4.69, 9.17) is 0 Å². The topological polar surface area (TPSA) is 8.17 Å². The van der Waals surface area contributed by atoms with E-state index < -0.39 is 0 Å². The summed E-state index contributed by atoms with van der Waals surface area (Å²) in [6, 6.07) is 75.2. The molecule has 0 aliphatic rings. The number of aromatic nitrogens is 1. The van der Waals surface area contributed by atoms with Crippen LogP contribution in [0.15, 0.2) is 206 Å². The fourth-order valence-corrected chi connectivity index (χ4v) is 8.82. The van der Waals surface area contributed by atoms with Crippen LogP contribution in [0.25, 0.3) is 82.1 Å². The maximum Gasteiger partial charge on any atom is 0.0546 e. The van der Waals surface area contributed by atoms with Crippen LogP contribution < -0.4 is 4.90 Å². The molecule has 0 saturated heterocycles. The van der Waals surface area contributed by atoms with Crippen molar-refractivity contribution in [2.75, 3.05) is 4.90 Å². The summed E-state index contributed by atoms with van der Waals surface area (Å²) in [4.78, 5) is 2.47. The van der Waals surface area contributed by atoms with Gasteiger partial charge in [-0.05, 0) is 80.7 Å². The Morgan fingerprint density at radius 3 is 1.56 bits per heavy atom. The first-order chi connectivity index (χ1) is 26.8. The van der Waals surface area contributed by atoms with E-state index in [2.05, 4.69) is 216 Å². The molecular weight excluding hydrogens is 653 g/mol. The number of hydrogen-bond donors (Lipinski definition) is 0. The van der Waals surface area contributed by atoms with E-state index in [0.29, 0.717) is 0 Å². The molecule has 1 aromatic heterocycles. The molecule has 0 saturated carbocycles. The molecule has 0 unspecified atom stereocenters. The summed E-state index contributed by atoms with van der Waals surface area (Å²) in [5.74, 6) is 0. The summed E-state index contributed by atoms with van der Waals surface area (Å²) in [6.45, 7) is 0. The summed E-state index contributed by atoms with van der Waals surface area (Å²) in [5, 5.41) is 10.1. The monoisotopic (exact) mass is 686 g/mol. The second-order valence-electron chi connectivity index (χ2n) is 14.1. The van der Waals surface area contributed by atoms with E-state index in [1.54, 1.807) is 0 Å². The first-order valence-corrected chi connectivity index (χ1v) is 18.6. The van der Waals surface area contributed by atoms with Crippen LogP contribution in [0.4, 0.5) is 17.1 Å². The number of para-hydroxylation sites is 3. The Morgan fingerprint density at radius 2 is 0.870 bits per heavy atom. The molecule has 11 aromatic rings. The van der Waals surface area contributed by atoms with Gasteiger partial charge in [-0.25, -0.2) is 0 Å². The van der Waals surface area contributed by atoms with Crippen LogP contribution in [0.1, 0.15) is 0 Å². The molecule has 0 aliphatic carbocycles. The van der Waals surface area contributed by atoms with Crippen molar-refractivity contribution in [3.8, 4) is 27.9 Å². The Kier molecular flexibility index (Phi) is 6.90. The lowest BCUT2D eigenvalue weighted by Gasteiger charge is -2.30. The number of hydrogen-bond acceptors (Lipinski definition) is 1. The summed E-state index contributed by atoms with van der Waals surface area (Å²) in [5.41, 5.74) is 11.8. The first kappa shape index (κ1) is 30.5. The van der Waals surface area contributed by atoms with Crippen molar-refractivity contribution in [1.29, 1.82) is 0 Å². The highest BCUT2D eigenvalue weighted by atomic mass is 15.1. The molecule has 11 rings (SSSR count). The molecule has 0 aliphatic heterocycles. The number of fused-ring (bicyclic) bond motifs is 3. The lowest BCUT2D eigenvalue weighted by Crippen LogP contribution is -2.12. The van der Waals surface area contributed by atoms with Gasteiger partial charge in [-0.15, -0.1) is 0 Å². The quantitative estimate of drug-likeness (QED) is 0.158. The van der Waals surface area contributed by atoms with Gasteiger partial charge in [-0.3, -0.25) is 0 Å². The van der Waals surface area contributed by atoms with Gasteiger partial charge in [-0.1, -0.05) is 164 Å². The van der Waals surface area contributed by atoms with Gasteiger partial charge in [-0.2, -0.15) is 0 Å². The van der Waals surface area contributed by atoms with Crippen molar-refractivity contribution in [2.45, 2.75) is 0 Å². The van der Waals surface area contributed by atoms with Crippen molar-refractivity contribution in [2.24, 2.45) is 0 Å². The molecule has 2 nitrogen and oxygen atoms in total. The summed E-state index contributed by atoms with van der Waals surface area (Å²) >= 11 is 0. The van der Waals surface area contributed by atoms with Crippen molar-refractivity contribution in [1.82, 2.24) is 4.57 Å². The predicted octanol–water partition coefficient (Wildman–Crippen LogP) is 14.5. The number of nitrogens with zero attached hydrogens (tertiary/aromatic N) is 2. The zero-order chi connectivity index (χ0) is 35.6. The van der Waals surface area contributed by atoms with E-state index in [9.17, 15) is 0 Å². The molecule has 54 heavy (non-hydrogen) atoms. The van der Waals surface area contributed by atoms with Gasteiger partial charge in [0, 0.05) is 32.8 Å². The third-order valence-corrected chi connectivity index (χ3v) is 11.1. The van der Waals surface area contributed by atoms with Crippen LogP contribution in [0, 0.1) is 0 Å². The SMILES string of the molecule is c1ccc(-c2cccc(N(c3ccccc3)c3ccc4ccc5c(-n6c7ccccc7c7ccccc76)ccc6ccc3c4c65)c2-c2ccccc2)cc1. The maximum atomic E-state index is 2.47. The molecular formula is C52H34N2. The summed E-state index contributed by atoms with van der Waals surface area (Å²) < 4.78 is 2.45. The Hall–Kier alpha value is -7.16. The van der Waals surface area contributed by atoms with Gasteiger partial charge >= 0.3 is 0 Å². The summed E-state index contributed by atoms with van der Waals surface area (Å²) in [6.07, 6.45) is 0. The fourth-order valence-electron chi connectivity index (χ4n) is 8.82. The van der Waals surface area contributed by atoms with Gasteiger partial charge in [0.05, 0.1) is 28.1 Å². The van der Waals surface area contributed by atoms with E-state index in [-0.39, 0.29) is 0 Å². The van der Waals surface area contributed by atoms with Gasteiger partial charge in [0.1, 0.15) is 0 Å². The number of rotatable bonds is 6. The van der Waals surface area contributed by atoms with Crippen molar-refractivity contribution < 1.29 is 0 Å². The molecule has 0 atom stereocenters. The minimum Gasteiger partial charge on any atom is -0.309 e. The normalized spacial score (nSPS) is 11.7. The third kappa shape index (κ3) is 4.60. The van der Waals surface area contributed by atoms with E-state index in [0.717, 1.165) is 17.1 Å². The molecule has 0 bridgehead atoms. The molecule has 1 heterocycles. The highest BCUT2D eigenvalue weighted by Crippen LogP contribution is 2.49. The van der Waals surface area contributed by atoms with Crippen LogP contribution in [0.3, 0.4) is 0 Å². The highest BCUT2D eigenvalue weighted by molar-refractivity contribution is 6.27. The Bertz CT molecular complexity index is 3090. The lowest BCUT2D eigenvalue weighted by molar-refractivity contribution is 1.20.